The number of hydrogen-bond acceptors (Lipinski definition) is 0. The number of benzene rings is 9. The highest BCUT2D eigenvalue weighted by Crippen LogP contribution is 2.45. The smallest absolute Gasteiger partial charge is 0.000706 e. The Bertz CT molecular complexity index is 2770. The second-order valence-corrected chi connectivity index (χ2v) is 13.6. The van der Waals surface area contributed by atoms with Gasteiger partial charge in [-0.2, -0.15) is 0 Å². The van der Waals surface area contributed by atoms with E-state index < -0.39 is 0 Å². The second kappa shape index (κ2) is 12.1. The van der Waals surface area contributed by atoms with Crippen LogP contribution in [0.1, 0.15) is 22.3 Å². The molecule has 1 aliphatic carbocycles. The first kappa shape index (κ1) is 29.4. The molecule has 0 aromatic heterocycles. The van der Waals surface area contributed by atoms with Crippen molar-refractivity contribution in [1.29, 1.82) is 0 Å². The van der Waals surface area contributed by atoms with Crippen LogP contribution in [0, 0.1) is 0 Å². The molecule has 0 spiro atoms. The van der Waals surface area contributed by atoms with E-state index in [0.29, 0.717) is 0 Å². The van der Waals surface area contributed by atoms with Gasteiger partial charge in [0, 0.05) is 0 Å². The molecule has 0 heterocycles. The van der Waals surface area contributed by atoms with Gasteiger partial charge in [-0.3, -0.25) is 0 Å². The maximum absolute atomic E-state index is 2.42. The fourth-order valence-electron chi connectivity index (χ4n) is 8.31. The predicted octanol–water partition coefficient (Wildman–Crippen LogP) is 13.7. The van der Waals surface area contributed by atoms with Crippen molar-refractivity contribution in [3.8, 4) is 33.4 Å². The highest BCUT2D eigenvalue weighted by Gasteiger charge is 2.24. The second-order valence-electron chi connectivity index (χ2n) is 13.6. The molecule has 0 nitrogen and oxygen atoms in total. The van der Waals surface area contributed by atoms with Crippen LogP contribution in [0.15, 0.2) is 194 Å². The summed E-state index contributed by atoms with van der Waals surface area (Å²) in [6.07, 6.45) is 0.929. The first-order valence-corrected chi connectivity index (χ1v) is 17.8. The topological polar surface area (TPSA) is 0 Å². The summed E-state index contributed by atoms with van der Waals surface area (Å²) in [6, 6.07) is 71.3. The van der Waals surface area contributed by atoms with Crippen LogP contribution in [0.3, 0.4) is 0 Å². The first-order valence-electron chi connectivity index (χ1n) is 17.8. The van der Waals surface area contributed by atoms with Crippen LogP contribution in [0.25, 0.3) is 76.8 Å². The zero-order chi connectivity index (χ0) is 33.7. The summed E-state index contributed by atoms with van der Waals surface area (Å²) in [6.45, 7) is 0. The van der Waals surface area contributed by atoms with Crippen molar-refractivity contribution in [2.75, 3.05) is 0 Å². The molecular formula is C51H34. The van der Waals surface area contributed by atoms with Crippen LogP contribution in [0.4, 0.5) is 0 Å². The molecule has 0 atom stereocenters. The maximum Gasteiger partial charge on any atom is -0.000706 e. The molecule has 9 aromatic rings. The lowest BCUT2D eigenvalue weighted by Crippen LogP contribution is -1.90. The van der Waals surface area contributed by atoms with Crippen molar-refractivity contribution >= 4 is 43.5 Å². The third kappa shape index (κ3) is 4.99. The van der Waals surface area contributed by atoms with E-state index in [1.165, 1.54) is 99.1 Å². The molecule has 0 bridgehead atoms. The minimum absolute atomic E-state index is 0.929. The van der Waals surface area contributed by atoms with Crippen LogP contribution in [0.5, 0.6) is 0 Å². The highest BCUT2D eigenvalue weighted by molar-refractivity contribution is 6.23. The van der Waals surface area contributed by atoms with E-state index in [-0.39, 0.29) is 0 Å². The molecule has 0 radical (unpaired) electrons. The molecule has 0 N–H and O–H groups in total. The standard InChI is InChI=1S/C51H34/c1-4-14-35(15-5-1)46-32-49-45-23-13-11-21-43(45)47(33-50(49)44-22-12-10-20-42(44)46)37-26-24-34(25-27-37)39-28-29-41-40(30-39)31-48(36-16-6-2-7-17-36)51(41)38-18-8-3-9-19-38/h1-30,32-33H,31H2. The third-order valence-electron chi connectivity index (χ3n) is 10.7. The van der Waals surface area contributed by atoms with Crippen molar-refractivity contribution in [3.05, 3.63) is 216 Å². The SMILES string of the molecule is c1ccc(C2=C(c3ccccc3)c3ccc(-c4ccc(-c5cc6c7ccccc7c(-c7ccccc7)cc6c6ccccc56)cc4)cc3C2)cc1. The Morgan fingerprint density at radius 3 is 1.25 bits per heavy atom. The van der Waals surface area contributed by atoms with Crippen molar-refractivity contribution in [3.63, 3.8) is 0 Å². The van der Waals surface area contributed by atoms with Gasteiger partial charge in [-0.1, -0.05) is 182 Å². The zero-order valence-electron chi connectivity index (χ0n) is 28.2. The quantitative estimate of drug-likeness (QED) is 0.163. The van der Waals surface area contributed by atoms with Crippen LogP contribution < -0.4 is 0 Å². The molecule has 0 saturated heterocycles. The zero-order valence-corrected chi connectivity index (χ0v) is 28.2. The first-order chi connectivity index (χ1) is 25.3. The molecule has 238 valence electrons. The Labute approximate surface area is 298 Å². The van der Waals surface area contributed by atoms with Gasteiger partial charge in [0.05, 0.1) is 0 Å². The van der Waals surface area contributed by atoms with Gasteiger partial charge in [0.15, 0.2) is 0 Å². The van der Waals surface area contributed by atoms with Crippen LogP contribution in [-0.4, -0.2) is 0 Å². The van der Waals surface area contributed by atoms with Crippen molar-refractivity contribution < 1.29 is 0 Å². The maximum atomic E-state index is 2.42. The number of rotatable bonds is 5. The summed E-state index contributed by atoms with van der Waals surface area (Å²) in [4.78, 5) is 0. The molecule has 9 aromatic carbocycles. The van der Waals surface area contributed by atoms with E-state index in [1.54, 1.807) is 0 Å². The lowest BCUT2D eigenvalue weighted by atomic mass is 9.87. The summed E-state index contributed by atoms with van der Waals surface area (Å²) in [5.74, 6) is 0. The van der Waals surface area contributed by atoms with Crippen LogP contribution >= 0.6 is 0 Å². The lowest BCUT2D eigenvalue weighted by molar-refractivity contribution is 1.31. The average molecular weight is 647 g/mol. The summed E-state index contributed by atoms with van der Waals surface area (Å²) in [5.41, 5.74) is 15.6. The molecule has 0 fully saturated rings. The average Bonchev–Trinajstić information content (AvgIpc) is 3.60. The minimum atomic E-state index is 0.929. The Morgan fingerprint density at radius 2 is 0.686 bits per heavy atom. The van der Waals surface area contributed by atoms with E-state index in [1.807, 2.05) is 0 Å². The summed E-state index contributed by atoms with van der Waals surface area (Å²) < 4.78 is 0. The van der Waals surface area contributed by atoms with Gasteiger partial charge in [-0.05, 0) is 118 Å². The molecule has 0 unspecified atom stereocenters. The van der Waals surface area contributed by atoms with Gasteiger partial charge in [0.25, 0.3) is 0 Å². The van der Waals surface area contributed by atoms with Gasteiger partial charge < -0.3 is 0 Å². The molecule has 51 heavy (non-hydrogen) atoms. The molecule has 0 heteroatoms. The van der Waals surface area contributed by atoms with Gasteiger partial charge in [0.2, 0.25) is 0 Å². The molecule has 1 aliphatic rings. The van der Waals surface area contributed by atoms with Crippen molar-refractivity contribution in [2.24, 2.45) is 0 Å². The molecule has 10 rings (SSSR count). The number of hydrogen-bond donors (Lipinski definition) is 0. The molecule has 0 saturated carbocycles. The predicted molar refractivity (Wildman–Crippen MR) is 218 cm³/mol. The summed E-state index contributed by atoms with van der Waals surface area (Å²) >= 11 is 0. The fraction of sp³-hybridized carbons (Fsp3) is 0.0196. The van der Waals surface area contributed by atoms with E-state index in [4.69, 9.17) is 0 Å². The highest BCUT2D eigenvalue weighted by atomic mass is 14.3. The molecule has 0 amide bonds. The van der Waals surface area contributed by atoms with Crippen LogP contribution in [-0.2, 0) is 6.42 Å². The molecular weight excluding hydrogens is 613 g/mol. The van der Waals surface area contributed by atoms with Crippen molar-refractivity contribution in [2.45, 2.75) is 6.42 Å². The van der Waals surface area contributed by atoms with E-state index in [2.05, 4.69) is 194 Å². The van der Waals surface area contributed by atoms with Crippen LogP contribution in [0.2, 0.25) is 0 Å². The monoisotopic (exact) mass is 646 g/mol. The third-order valence-corrected chi connectivity index (χ3v) is 10.7. The van der Waals surface area contributed by atoms with E-state index in [9.17, 15) is 0 Å². The van der Waals surface area contributed by atoms with Crippen molar-refractivity contribution in [1.82, 2.24) is 0 Å². The van der Waals surface area contributed by atoms with Gasteiger partial charge in [-0.15, -0.1) is 0 Å². The normalized spacial score (nSPS) is 12.5. The largest absolute Gasteiger partial charge is 0.0622 e. The Balaban J connectivity index is 1.07. The Morgan fingerprint density at radius 1 is 0.255 bits per heavy atom. The van der Waals surface area contributed by atoms with Gasteiger partial charge in [0.1, 0.15) is 0 Å². The van der Waals surface area contributed by atoms with E-state index >= 15 is 0 Å². The van der Waals surface area contributed by atoms with Gasteiger partial charge >= 0.3 is 0 Å². The fourth-order valence-corrected chi connectivity index (χ4v) is 8.31. The number of fused-ring (bicyclic) bond motifs is 6. The van der Waals surface area contributed by atoms with E-state index in [0.717, 1.165) is 6.42 Å². The Kier molecular flexibility index (Phi) is 6.99. The lowest BCUT2D eigenvalue weighted by Gasteiger charge is -2.16. The number of allylic oxidation sites excluding steroid dienone is 1. The molecule has 0 aliphatic heterocycles. The van der Waals surface area contributed by atoms with Gasteiger partial charge in [-0.25, -0.2) is 0 Å². The summed E-state index contributed by atoms with van der Waals surface area (Å²) in [5, 5.41) is 7.71. The Hall–Kier alpha value is -6.50. The minimum Gasteiger partial charge on any atom is -0.0622 e. The summed E-state index contributed by atoms with van der Waals surface area (Å²) in [7, 11) is 0.